The van der Waals surface area contributed by atoms with E-state index in [4.69, 9.17) is 4.74 Å². The van der Waals surface area contributed by atoms with Gasteiger partial charge in [0.05, 0.1) is 13.3 Å². The van der Waals surface area contributed by atoms with Gasteiger partial charge < -0.3 is 4.74 Å². The largest absolute Gasteiger partial charge is 0.364 e. The smallest absolute Gasteiger partial charge is 0.0997 e. The third-order valence-corrected chi connectivity index (χ3v) is 3.61. The standard InChI is InChI=1S/C13H19NOS/c1-16-8-7-13-10-15-11-14(13)9-12-5-3-2-4-6-12/h2-6,13H,7-11H2,1H3/t13-/m1/s1. The fourth-order valence-corrected chi connectivity index (χ4v) is 2.54. The average Bonchev–Trinajstić information content (AvgIpc) is 2.75. The van der Waals surface area contributed by atoms with Crippen molar-refractivity contribution in [3.63, 3.8) is 0 Å². The van der Waals surface area contributed by atoms with Crippen molar-refractivity contribution in [2.24, 2.45) is 0 Å². The minimum absolute atomic E-state index is 0.604. The van der Waals surface area contributed by atoms with Crippen molar-refractivity contribution in [2.75, 3.05) is 25.3 Å². The van der Waals surface area contributed by atoms with Crippen LogP contribution >= 0.6 is 11.8 Å². The molecule has 0 radical (unpaired) electrons. The molecule has 2 nitrogen and oxygen atoms in total. The molecule has 1 aromatic rings. The maximum Gasteiger partial charge on any atom is 0.0997 e. The monoisotopic (exact) mass is 237 g/mol. The molecule has 3 heteroatoms. The van der Waals surface area contributed by atoms with Crippen molar-refractivity contribution in [1.82, 2.24) is 4.90 Å². The molecule has 88 valence electrons. The van der Waals surface area contributed by atoms with Crippen molar-refractivity contribution < 1.29 is 4.74 Å². The van der Waals surface area contributed by atoms with Crippen LogP contribution < -0.4 is 0 Å². The Bertz CT molecular complexity index is 304. The van der Waals surface area contributed by atoms with Gasteiger partial charge in [0.2, 0.25) is 0 Å². The van der Waals surface area contributed by atoms with Crippen molar-refractivity contribution in [2.45, 2.75) is 19.0 Å². The van der Waals surface area contributed by atoms with E-state index in [9.17, 15) is 0 Å². The lowest BCUT2D eigenvalue weighted by atomic mass is 10.1. The Labute approximate surface area is 102 Å². The first kappa shape index (κ1) is 12.0. The molecule has 0 N–H and O–H groups in total. The molecular weight excluding hydrogens is 218 g/mol. The van der Waals surface area contributed by atoms with Gasteiger partial charge in [0.25, 0.3) is 0 Å². The topological polar surface area (TPSA) is 12.5 Å². The van der Waals surface area contributed by atoms with Gasteiger partial charge in [-0.25, -0.2) is 0 Å². The second kappa shape index (κ2) is 6.28. The lowest BCUT2D eigenvalue weighted by Crippen LogP contribution is -2.30. The SMILES string of the molecule is CSCC[C@@H]1COCN1Cc1ccccc1. The zero-order chi connectivity index (χ0) is 11.2. The summed E-state index contributed by atoms with van der Waals surface area (Å²) in [6, 6.07) is 11.2. The first-order chi connectivity index (χ1) is 7.90. The Balaban J connectivity index is 1.88. The highest BCUT2D eigenvalue weighted by Crippen LogP contribution is 2.17. The van der Waals surface area contributed by atoms with Crippen LogP contribution in [0.3, 0.4) is 0 Å². The minimum Gasteiger partial charge on any atom is -0.364 e. The molecule has 1 heterocycles. The minimum atomic E-state index is 0.604. The maximum atomic E-state index is 5.56. The van der Waals surface area contributed by atoms with Crippen LogP contribution in [0.5, 0.6) is 0 Å². The number of thioether (sulfide) groups is 1. The zero-order valence-corrected chi connectivity index (χ0v) is 10.6. The Kier molecular flexibility index (Phi) is 4.69. The highest BCUT2D eigenvalue weighted by molar-refractivity contribution is 7.98. The highest BCUT2D eigenvalue weighted by atomic mass is 32.2. The van der Waals surface area contributed by atoms with Crippen LogP contribution in [0.15, 0.2) is 30.3 Å². The summed E-state index contributed by atoms with van der Waals surface area (Å²) < 4.78 is 5.56. The zero-order valence-electron chi connectivity index (χ0n) is 9.76. The van der Waals surface area contributed by atoms with Crippen LogP contribution in [0, 0.1) is 0 Å². The van der Waals surface area contributed by atoms with Gasteiger partial charge in [0.1, 0.15) is 0 Å². The predicted molar refractivity (Wildman–Crippen MR) is 69.6 cm³/mol. The van der Waals surface area contributed by atoms with Gasteiger partial charge in [-0.3, -0.25) is 4.90 Å². The summed E-state index contributed by atoms with van der Waals surface area (Å²) in [6.07, 6.45) is 3.39. The molecule has 0 aromatic heterocycles. The lowest BCUT2D eigenvalue weighted by Gasteiger charge is -2.21. The van der Waals surface area contributed by atoms with Gasteiger partial charge in [-0.05, 0) is 24.0 Å². The van der Waals surface area contributed by atoms with E-state index in [0.29, 0.717) is 6.04 Å². The summed E-state index contributed by atoms with van der Waals surface area (Å²) in [4.78, 5) is 2.44. The molecule has 0 unspecified atom stereocenters. The first-order valence-electron chi connectivity index (χ1n) is 5.75. The summed E-state index contributed by atoms with van der Waals surface area (Å²) in [5, 5.41) is 0. The highest BCUT2D eigenvalue weighted by Gasteiger charge is 2.24. The second-order valence-corrected chi connectivity index (χ2v) is 5.15. The lowest BCUT2D eigenvalue weighted by molar-refractivity contribution is 0.134. The number of ether oxygens (including phenoxy) is 1. The quantitative estimate of drug-likeness (QED) is 0.781. The average molecular weight is 237 g/mol. The van der Waals surface area contributed by atoms with Crippen LogP contribution in [-0.2, 0) is 11.3 Å². The molecule has 1 atom stereocenters. The van der Waals surface area contributed by atoms with Crippen LogP contribution in [0.2, 0.25) is 0 Å². The summed E-state index contributed by atoms with van der Waals surface area (Å²) >= 11 is 1.91. The van der Waals surface area contributed by atoms with Crippen molar-refractivity contribution in [3.05, 3.63) is 35.9 Å². The van der Waals surface area contributed by atoms with E-state index in [-0.39, 0.29) is 0 Å². The summed E-state index contributed by atoms with van der Waals surface area (Å²) in [5.74, 6) is 1.22. The van der Waals surface area contributed by atoms with Crippen molar-refractivity contribution in [1.29, 1.82) is 0 Å². The maximum absolute atomic E-state index is 5.56. The molecule has 0 amide bonds. The predicted octanol–water partition coefficient (Wildman–Crippen LogP) is 2.60. The van der Waals surface area contributed by atoms with Gasteiger partial charge in [-0.2, -0.15) is 11.8 Å². The Morgan fingerprint density at radius 1 is 1.38 bits per heavy atom. The Hall–Kier alpha value is -0.510. The molecular formula is C13H19NOS. The molecule has 1 aromatic carbocycles. The van der Waals surface area contributed by atoms with Gasteiger partial charge in [0.15, 0.2) is 0 Å². The summed E-state index contributed by atoms with van der Waals surface area (Å²) in [7, 11) is 0. The molecule has 0 saturated carbocycles. The van der Waals surface area contributed by atoms with Gasteiger partial charge in [-0.1, -0.05) is 30.3 Å². The molecule has 0 spiro atoms. The number of nitrogens with zero attached hydrogens (tertiary/aromatic N) is 1. The number of hydrogen-bond donors (Lipinski definition) is 0. The van der Waals surface area contributed by atoms with E-state index in [2.05, 4.69) is 41.5 Å². The second-order valence-electron chi connectivity index (χ2n) is 4.17. The van der Waals surface area contributed by atoms with E-state index >= 15 is 0 Å². The number of benzene rings is 1. The van der Waals surface area contributed by atoms with Gasteiger partial charge >= 0.3 is 0 Å². The normalized spacial score (nSPS) is 21.4. The molecule has 2 rings (SSSR count). The fraction of sp³-hybridized carbons (Fsp3) is 0.538. The van der Waals surface area contributed by atoms with Crippen molar-refractivity contribution in [3.8, 4) is 0 Å². The molecule has 16 heavy (non-hydrogen) atoms. The molecule has 1 saturated heterocycles. The first-order valence-corrected chi connectivity index (χ1v) is 7.14. The van der Waals surface area contributed by atoms with E-state index in [1.165, 1.54) is 17.7 Å². The fourth-order valence-electron chi connectivity index (χ4n) is 2.03. The van der Waals surface area contributed by atoms with E-state index < -0.39 is 0 Å². The third-order valence-electron chi connectivity index (χ3n) is 2.97. The van der Waals surface area contributed by atoms with E-state index in [0.717, 1.165) is 19.9 Å². The van der Waals surface area contributed by atoms with Crippen LogP contribution in [0.25, 0.3) is 0 Å². The molecule has 0 aliphatic carbocycles. The van der Waals surface area contributed by atoms with Crippen LogP contribution in [0.1, 0.15) is 12.0 Å². The molecule has 1 fully saturated rings. The molecule has 0 bridgehead atoms. The summed E-state index contributed by atoms with van der Waals surface area (Å²) in [6.45, 7) is 2.70. The Morgan fingerprint density at radius 3 is 2.94 bits per heavy atom. The van der Waals surface area contributed by atoms with Gasteiger partial charge in [0, 0.05) is 12.6 Å². The summed E-state index contributed by atoms with van der Waals surface area (Å²) in [5.41, 5.74) is 1.38. The van der Waals surface area contributed by atoms with Crippen LogP contribution in [-0.4, -0.2) is 36.3 Å². The number of hydrogen-bond acceptors (Lipinski definition) is 3. The van der Waals surface area contributed by atoms with Crippen molar-refractivity contribution >= 4 is 11.8 Å². The van der Waals surface area contributed by atoms with Gasteiger partial charge in [-0.15, -0.1) is 0 Å². The number of rotatable bonds is 5. The van der Waals surface area contributed by atoms with Crippen LogP contribution in [0.4, 0.5) is 0 Å². The Morgan fingerprint density at radius 2 is 2.19 bits per heavy atom. The van der Waals surface area contributed by atoms with E-state index in [1.807, 2.05) is 11.8 Å². The molecule has 1 aliphatic heterocycles. The third kappa shape index (κ3) is 3.24. The molecule has 1 aliphatic rings. The van der Waals surface area contributed by atoms with E-state index in [1.54, 1.807) is 0 Å².